The van der Waals surface area contributed by atoms with E-state index >= 15 is 0 Å². The molecule has 1 amide bonds. The van der Waals surface area contributed by atoms with Crippen molar-refractivity contribution in [3.05, 3.63) is 29.3 Å². The van der Waals surface area contributed by atoms with E-state index in [2.05, 4.69) is 38.6 Å². The monoisotopic (exact) mass is 263 g/mol. The van der Waals surface area contributed by atoms with Crippen LogP contribution in [0.2, 0.25) is 0 Å². The Balaban J connectivity index is 2.10. The molecule has 1 fully saturated rings. The lowest BCUT2D eigenvalue weighted by atomic mass is 10.0. The number of amides is 1. The molecule has 1 aromatic carbocycles. The maximum absolute atomic E-state index is 12.3. The van der Waals surface area contributed by atoms with Crippen molar-refractivity contribution in [2.45, 2.75) is 33.1 Å². The molecule has 0 N–H and O–H groups in total. The first-order valence-electron chi connectivity index (χ1n) is 6.42. The molecule has 0 atom stereocenters. The van der Waals surface area contributed by atoms with Crippen LogP contribution >= 0.6 is 12.6 Å². The van der Waals surface area contributed by atoms with Crippen molar-refractivity contribution in [1.82, 2.24) is 0 Å². The number of anilines is 1. The van der Waals surface area contributed by atoms with E-state index in [9.17, 15) is 4.79 Å². The van der Waals surface area contributed by atoms with Gasteiger partial charge in [-0.2, -0.15) is 12.6 Å². The molecule has 18 heavy (non-hydrogen) atoms. The molecule has 0 spiro atoms. The Morgan fingerprint density at radius 2 is 2.06 bits per heavy atom. The fraction of sp³-hybridized carbons (Fsp3) is 0.533. The number of carbonyl (C=O) groups excluding carboxylic acids is 1. The van der Waals surface area contributed by atoms with Crippen molar-refractivity contribution in [3.8, 4) is 0 Å². The van der Waals surface area contributed by atoms with Crippen LogP contribution in [0.3, 0.4) is 0 Å². The summed E-state index contributed by atoms with van der Waals surface area (Å²) in [6.45, 7) is 4.12. The van der Waals surface area contributed by atoms with Gasteiger partial charge in [0.1, 0.15) is 0 Å². The van der Waals surface area contributed by atoms with Crippen molar-refractivity contribution < 1.29 is 4.79 Å². The number of hydrogen-bond donors (Lipinski definition) is 1. The number of nitrogens with zero attached hydrogens (tertiary/aromatic N) is 1. The van der Waals surface area contributed by atoms with Crippen molar-refractivity contribution in [2.75, 3.05) is 17.7 Å². The van der Waals surface area contributed by atoms with Gasteiger partial charge in [-0.25, -0.2) is 0 Å². The van der Waals surface area contributed by atoms with Crippen LogP contribution in [0.4, 0.5) is 5.69 Å². The fourth-order valence-corrected chi connectivity index (χ4v) is 2.75. The van der Waals surface area contributed by atoms with Crippen molar-refractivity contribution >= 4 is 24.2 Å². The molecule has 0 aliphatic heterocycles. The molecule has 3 heteroatoms. The Morgan fingerprint density at radius 1 is 1.39 bits per heavy atom. The molecule has 2 rings (SSSR count). The molecule has 0 heterocycles. The second-order valence-corrected chi connectivity index (χ2v) is 5.89. The van der Waals surface area contributed by atoms with E-state index in [0.29, 0.717) is 6.42 Å². The topological polar surface area (TPSA) is 20.3 Å². The maximum atomic E-state index is 12.3. The highest BCUT2D eigenvalue weighted by atomic mass is 32.1. The van der Waals surface area contributed by atoms with E-state index in [1.165, 1.54) is 5.56 Å². The predicted molar refractivity (Wildman–Crippen MR) is 79.5 cm³/mol. The first kappa shape index (κ1) is 13.5. The number of carbonyl (C=O) groups is 1. The lowest BCUT2D eigenvalue weighted by Gasteiger charge is -2.22. The average Bonchev–Trinajstić information content (AvgIpc) is 3.09. The fourth-order valence-electron chi connectivity index (χ4n) is 2.32. The zero-order valence-corrected chi connectivity index (χ0v) is 12.3. The highest BCUT2D eigenvalue weighted by Crippen LogP contribution is 2.50. The van der Waals surface area contributed by atoms with Gasteiger partial charge in [0.2, 0.25) is 5.91 Å². The predicted octanol–water partition coefficient (Wildman–Crippen LogP) is 3.37. The summed E-state index contributed by atoms with van der Waals surface area (Å²) in [7, 11) is 1.87. The first-order chi connectivity index (χ1) is 8.47. The molecular weight excluding hydrogens is 242 g/mol. The van der Waals surface area contributed by atoms with Gasteiger partial charge < -0.3 is 4.90 Å². The second-order valence-electron chi connectivity index (χ2n) is 5.58. The van der Waals surface area contributed by atoms with E-state index in [0.717, 1.165) is 29.8 Å². The third-order valence-electron chi connectivity index (χ3n) is 3.91. The summed E-state index contributed by atoms with van der Waals surface area (Å²) >= 11 is 4.36. The Morgan fingerprint density at radius 3 is 2.56 bits per heavy atom. The maximum Gasteiger partial charge on any atom is 0.227 e. The Bertz CT molecular complexity index is 466. The Kier molecular flexibility index (Phi) is 3.71. The molecule has 0 radical (unpaired) electrons. The van der Waals surface area contributed by atoms with Crippen LogP contribution in [-0.4, -0.2) is 18.7 Å². The van der Waals surface area contributed by atoms with Crippen LogP contribution in [0.5, 0.6) is 0 Å². The van der Waals surface area contributed by atoms with E-state index < -0.39 is 0 Å². The molecule has 0 bridgehead atoms. The largest absolute Gasteiger partial charge is 0.315 e. The summed E-state index contributed by atoms with van der Waals surface area (Å²) in [4.78, 5) is 14.1. The van der Waals surface area contributed by atoms with Crippen LogP contribution in [0.1, 0.15) is 30.4 Å². The molecule has 98 valence electrons. The Labute approximate surface area is 115 Å². The third kappa shape index (κ3) is 2.72. The van der Waals surface area contributed by atoms with E-state index in [4.69, 9.17) is 0 Å². The Hall–Kier alpha value is -0.960. The summed E-state index contributed by atoms with van der Waals surface area (Å²) in [5.41, 5.74) is 3.58. The highest BCUT2D eigenvalue weighted by Gasteiger charge is 2.43. The molecule has 1 aliphatic rings. The van der Waals surface area contributed by atoms with Crippen molar-refractivity contribution in [2.24, 2.45) is 5.41 Å². The van der Waals surface area contributed by atoms with Crippen LogP contribution in [0, 0.1) is 19.3 Å². The van der Waals surface area contributed by atoms with Crippen LogP contribution in [0.25, 0.3) is 0 Å². The highest BCUT2D eigenvalue weighted by molar-refractivity contribution is 7.80. The quantitative estimate of drug-likeness (QED) is 0.826. The second kappa shape index (κ2) is 4.96. The molecule has 0 saturated heterocycles. The normalized spacial score (nSPS) is 16.4. The molecule has 1 aromatic rings. The van der Waals surface area contributed by atoms with Gasteiger partial charge in [-0.15, -0.1) is 0 Å². The number of hydrogen-bond acceptors (Lipinski definition) is 2. The van der Waals surface area contributed by atoms with E-state index in [1.807, 2.05) is 13.1 Å². The molecule has 0 unspecified atom stereocenters. The SMILES string of the molecule is Cc1ccc(N(C)C(=O)CC2(CS)CC2)c(C)c1. The van der Waals surface area contributed by atoms with Crippen molar-refractivity contribution in [3.63, 3.8) is 0 Å². The lowest BCUT2D eigenvalue weighted by Crippen LogP contribution is -2.29. The number of aryl methyl sites for hydroxylation is 2. The summed E-state index contributed by atoms with van der Waals surface area (Å²) < 4.78 is 0. The zero-order valence-electron chi connectivity index (χ0n) is 11.4. The minimum Gasteiger partial charge on any atom is -0.315 e. The lowest BCUT2D eigenvalue weighted by molar-refractivity contribution is -0.119. The number of benzene rings is 1. The van der Waals surface area contributed by atoms with Gasteiger partial charge in [0.05, 0.1) is 0 Å². The third-order valence-corrected chi connectivity index (χ3v) is 4.58. The minimum absolute atomic E-state index is 0.188. The average molecular weight is 263 g/mol. The van der Waals surface area contributed by atoms with Gasteiger partial charge in [0, 0.05) is 19.2 Å². The van der Waals surface area contributed by atoms with E-state index in [-0.39, 0.29) is 11.3 Å². The molecule has 0 aromatic heterocycles. The molecular formula is C15H21NOS. The van der Waals surface area contributed by atoms with Crippen molar-refractivity contribution in [1.29, 1.82) is 0 Å². The number of rotatable bonds is 4. The summed E-state index contributed by atoms with van der Waals surface area (Å²) in [5, 5.41) is 0. The number of thiol groups is 1. The van der Waals surface area contributed by atoms with Gasteiger partial charge in [0.15, 0.2) is 0 Å². The first-order valence-corrected chi connectivity index (χ1v) is 7.05. The standard InChI is InChI=1S/C15H21NOS/c1-11-4-5-13(12(2)8-11)16(3)14(17)9-15(10-18)6-7-15/h4-5,8,18H,6-7,9-10H2,1-3H3. The summed E-state index contributed by atoms with van der Waals surface area (Å²) in [5.74, 6) is 1.02. The van der Waals surface area contributed by atoms with Gasteiger partial charge in [-0.05, 0) is 49.5 Å². The molecule has 1 aliphatic carbocycles. The summed E-state index contributed by atoms with van der Waals surface area (Å²) in [6, 6.07) is 6.20. The van der Waals surface area contributed by atoms with Gasteiger partial charge in [-0.3, -0.25) is 4.79 Å². The van der Waals surface area contributed by atoms with Gasteiger partial charge >= 0.3 is 0 Å². The van der Waals surface area contributed by atoms with Crippen LogP contribution in [-0.2, 0) is 4.79 Å². The van der Waals surface area contributed by atoms with Gasteiger partial charge in [0.25, 0.3) is 0 Å². The van der Waals surface area contributed by atoms with Crippen LogP contribution in [0.15, 0.2) is 18.2 Å². The minimum atomic E-state index is 0.188. The van der Waals surface area contributed by atoms with Crippen LogP contribution < -0.4 is 4.90 Å². The summed E-state index contributed by atoms with van der Waals surface area (Å²) in [6.07, 6.45) is 2.91. The molecule has 2 nitrogen and oxygen atoms in total. The molecule has 1 saturated carbocycles. The van der Waals surface area contributed by atoms with Gasteiger partial charge in [-0.1, -0.05) is 17.7 Å². The van der Waals surface area contributed by atoms with E-state index in [1.54, 1.807) is 4.90 Å². The smallest absolute Gasteiger partial charge is 0.227 e. The zero-order chi connectivity index (χ0) is 13.3.